The van der Waals surface area contributed by atoms with Crippen LogP contribution in [0.15, 0.2) is 97.2 Å². The number of piperidine rings is 1. The first-order valence-corrected chi connectivity index (χ1v) is 38.3. The van der Waals surface area contributed by atoms with Gasteiger partial charge >= 0.3 is 24.1 Å². The van der Waals surface area contributed by atoms with E-state index in [1.165, 1.54) is 23.5 Å². The van der Waals surface area contributed by atoms with Crippen LogP contribution in [0.5, 0.6) is 0 Å². The Labute approximate surface area is 631 Å². The number of carbonyl (C=O) groups is 10. The minimum Gasteiger partial charge on any atom is -0.481 e. The number of pyridine rings is 1. The Kier molecular flexibility index (Phi) is 23.6. The largest absolute Gasteiger partial charge is 0.481 e. The molecule has 4 bridgehead atoms. The highest BCUT2D eigenvalue weighted by Crippen LogP contribution is 2.72. The number of anilines is 3. The first-order chi connectivity index (χ1) is 51.6. The highest BCUT2D eigenvalue weighted by Gasteiger charge is 2.66. The Morgan fingerprint density at radius 1 is 0.787 bits per heavy atom. The molecule has 28 nitrogen and oxygen atoms in total. The molecule has 3 aliphatic heterocycles. The van der Waals surface area contributed by atoms with Crippen LogP contribution in [0.1, 0.15) is 167 Å². The number of primary amides is 1. The predicted molar refractivity (Wildman–Crippen MR) is 404 cm³/mol. The lowest BCUT2D eigenvalue weighted by Gasteiger charge is -2.69. The molecule has 6 heterocycles. The zero-order chi connectivity index (χ0) is 76.8. The van der Waals surface area contributed by atoms with Gasteiger partial charge in [-0.1, -0.05) is 81.9 Å². The fourth-order valence-corrected chi connectivity index (χ4v) is 19.4. The second-order valence-corrected chi connectivity index (χ2v) is 32.4. The molecular formula is C79H98N14O14S. The van der Waals surface area contributed by atoms with E-state index < -0.39 is 65.4 Å². The third-order valence-electron chi connectivity index (χ3n) is 22.4. The second-order valence-electron chi connectivity index (χ2n) is 31.3. The van der Waals surface area contributed by atoms with Crippen molar-refractivity contribution in [1.29, 1.82) is 0 Å². The molecule has 4 saturated carbocycles. The van der Waals surface area contributed by atoms with Crippen LogP contribution in [0.2, 0.25) is 0 Å². The average molecular weight is 1500 g/mol. The molecule has 0 radical (unpaired) electrons. The van der Waals surface area contributed by atoms with Gasteiger partial charge in [-0.2, -0.15) is 5.10 Å². The number of thiazole rings is 1. The number of hydrogen-bond donors (Lipinski definition) is 7. The molecule has 9 amide bonds. The summed E-state index contributed by atoms with van der Waals surface area (Å²) in [6.07, 6.45) is 12.9. The molecule has 5 fully saturated rings. The minimum absolute atomic E-state index is 0.00742. The number of aromatic carboxylic acids is 1. The van der Waals surface area contributed by atoms with Crippen molar-refractivity contribution in [2.75, 3.05) is 67.5 Å². The smallest absolute Gasteiger partial charge is 0.410 e. The van der Waals surface area contributed by atoms with E-state index >= 15 is 0 Å². The summed E-state index contributed by atoms with van der Waals surface area (Å²) in [6.45, 7) is 13.9. The molecule has 4 aliphatic carbocycles. The van der Waals surface area contributed by atoms with Crippen LogP contribution in [0, 0.1) is 29.1 Å². The number of nitrogens with one attached hydrogen (secondary N) is 3. The summed E-state index contributed by atoms with van der Waals surface area (Å²) in [5.41, 5.74) is 17.1. The van der Waals surface area contributed by atoms with Crippen LogP contribution in [0.4, 0.5) is 26.2 Å². The Bertz CT molecular complexity index is 4380. The number of urea groups is 1. The van der Waals surface area contributed by atoms with Crippen LogP contribution in [0.3, 0.4) is 0 Å². The van der Waals surface area contributed by atoms with Crippen molar-refractivity contribution in [1.82, 2.24) is 45.1 Å². The molecule has 29 heteroatoms. The van der Waals surface area contributed by atoms with Gasteiger partial charge in [-0.25, -0.2) is 24.4 Å². The molecule has 108 heavy (non-hydrogen) atoms. The third-order valence-corrected chi connectivity index (χ3v) is 23.4. The van der Waals surface area contributed by atoms with Crippen molar-refractivity contribution in [2.24, 2.45) is 33.6 Å². The number of rotatable bonds is 32. The lowest BCUT2D eigenvalue weighted by Crippen LogP contribution is -2.64. The third kappa shape index (κ3) is 17.8. The zero-order valence-electron chi connectivity index (χ0n) is 62.0. The minimum atomic E-state index is -1.27. The van der Waals surface area contributed by atoms with Crippen molar-refractivity contribution in [3.63, 3.8) is 0 Å². The number of aliphatic carboxylic acids is 1. The lowest BCUT2D eigenvalue weighted by atomic mass is 9.39. The Balaban J connectivity index is 0.631. The number of fused-ring (bicyclic) bond motifs is 2. The maximum absolute atomic E-state index is 14.0. The molecule has 2 unspecified atom stereocenters. The van der Waals surface area contributed by atoms with E-state index in [1.807, 2.05) is 65.0 Å². The van der Waals surface area contributed by atoms with Crippen molar-refractivity contribution >= 4 is 97.7 Å². The number of aromatic nitrogens is 4. The summed E-state index contributed by atoms with van der Waals surface area (Å²) in [6, 6.07) is 20.1. The van der Waals surface area contributed by atoms with Crippen LogP contribution in [-0.4, -0.2) is 180 Å². The molecule has 9 N–H and O–H groups in total. The molecule has 1 saturated heterocycles. The van der Waals surface area contributed by atoms with Gasteiger partial charge in [0.1, 0.15) is 24.5 Å². The van der Waals surface area contributed by atoms with E-state index in [9.17, 15) is 58.2 Å². The van der Waals surface area contributed by atoms with Gasteiger partial charge in [-0.05, 0) is 178 Å². The van der Waals surface area contributed by atoms with Gasteiger partial charge in [-0.15, -0.1) is 0 Å². The number of carbonyl (C=O) groups excluding carboxylic acids is 8. The van der Waals surface area contributed by atoms with Gasteiger partial charge < -0.3 is 46.3 Å². The topological polar surface area (TPSA) is 378 Å². The van der Waals surface area contributed by atoms with Gasteiger partial charge in [0, 0.05) is 105 Å². The Morgan fingerprint density at radius 3 is 2.20 bits per heavy atom. The van der Waals surface area contributed by atoms with Crippen molar-refractivity contribution < 1.29 is 67.6 Å². The number of hydrogen-bond acceptors (Lipinski definition) is 19. The average Bonchev–Trinajstić information content (AvgIpc) is 0.863. The predicted octanol–water partition coefficient (Wildman–Crippen LogP) is 9.35. The molecule has 0 spiro atoms. The first-order valence-electron chi connectivity index (χ1n) is 37.5. The Morgan fingerprint density at radius 2 is 1.52 bits per heavy atom. The van der Waals surface area contributed by atoms with E-state index in [-0.39, 0.29) is 96.8 Å². The number of likely N-dealkylation sites (tertiary alicyclic amines) is 1. The number of nitrogens with zero attached hydrogens (tertiary/aromatic N) is 9. The van der Waals surface area contributed by atoms with Gasteiger partial charge in [0.05, 0.1) is 35.0 Å². The number of carboxylic acids is 2. The normalized spacial score (nSPS) is 21.5. The van der Waals surface area contributed by atoms with Crippen LogP contribution in [-0.2, 0) is 64.4 Å². The SMILES string of the molecule is Cc1c(-c2ccc(N3CCc4cccc(C(=O)Nc5nc6ccccc6s5)c4C3)nc2C(=O)O)cnn1CC12CC3(C)CC(C)(C1)CC(OCCN(CCC(=O)O)C1CCN(C(=O)OCc4ccc(N(C(N)=O)[C@@H](CCCN)C(=O)NC(=O)[C@@H](NC(=O)CCCCCN5C(=O)C=CC5=O)C(C)C)cc4)CC1)(C3)C2. The quantitative estimate of drug-likeness (QED) is 0.0153. The van der Waals surface area contributed by atoms with Gasteiger partial charge in [0.2, 0.25) is 17.7 Å². The second kappa shape index (κ2) is 32.9. The number of benzene rings is 3. The summed E-state index contributed by atoms with van der Waals surface area (Å²) in [5, 5.41) is 34.3. The summed E-state index contributed by atoms with van der Waals surface area (Å²) in [5.74, 6) is -5.07. The van der Waals surface area contributed by atoms with Gasteiger partial charge in [0.15, 0.2) is 10.8 Å². The number of nitrogens with two attached hydrogens (primary N) is 2. The molecular weight excluding hydrogens is 1400 g/mol. The summed E-state index contributed by atoms with van der Waals surface area (Å²) in [7, 11) is 0. The van der Waals surface area contributed by atoms with E-state index in [1.54, 1.807) is 55.3 Å². The number of imide groups is 2. The molecule has 4 atom stereocenters. The zero-order valence-corrected chi connectivity index (χ0v) is 62.8. The maximum atomic E-state index is 14.0. The number of carboxylic acid groups (broad SMARTS) is 2. The highest BCUT2D eigenvalue weighted by molar-refractivity contribution is 7.22. The molecule has 7 aliphatic rings. The van der Waals surface area contributed by atoms with Crippen molar-refractivity contribution in [2.45, 2.75) is 181 Å². The van der Waals surface area contributed by atoms with Crippen molar-refractivity contribution in [3.8, 4) is 11.1 Å². The monoisotopic (exact) mass is 1500 g/mol. The summed E-state index contributed by atoms with van der Waals surface area (Å²) < 4.78 is 16.0. The number of ether oxygens (including phenoxy) is 2. The lowest BCUT2D eigenvalue weighted by molar-refractivity contribution is -0.249. The van der Waals surface area contributed by atoms with Crippen LogP contribution in [0.25, 0.3) is 21.3 Å². The highest BCUT2D eigenvalue weighted by atomic mass is 32.1. The Hall–Kier alpha value is -9.97. The van der Waals surface area contributed by atoms with E-state index in [0.29, 0.717) is 124 Å². The summed E-state index contributed by atoms with van der Waals surface area (Å²) >= 11 is 1.41. The molecule has 6 aromatic rings. The van der Waals surface area contributed by atoms with Gasteiger partial charge in [0.25, 0.3) is 17.7 Å². The number of unbranched alkanes of at least 4 members (excludes halogenated alkanes) is 2. The van der Waals surface area contributed by atoms with E-state index in [2.05, 4.69) is 39.7 Å². The maximum Gasteiger partial charge on any atom is 0.410 e. The standard InChI is InChI=1S/C79H98N14O14S/c1-49(2)67(85-63(94)18-7-6-10-32-91-64(95)25-26-65(91)96)71(101)86-70(100)60(16-12-31-80)93(73(81)104)54-21-19-51(20-22-54)41-106-75(105)89-34-28-53(29-35-89)88(36-30-66(97)98)37-38-107-79-45-76(4)42-77(5,46-79)44-78(43-76,47-79)48-92-50(3)57(39-82-92)55-23-24-62(84-68(55)72(102)103)90-33-27-52-13-11-14-56(58(52)40-90)69(99)87-74-83-59-15-8-9-17-61(59)108-74/h8-9,11,13-15,17,19-26,39,49,53,60,67H,6-7,10,12,16,18,27-38,40-48,80H2,1-5H3,(H2,81,104)(H,85,94)(H,97,98)(H,102,103)(H,83,87,99)(H,86,100,101)/t60-,67-,76?,77?,78?,79?/m0/s1. The van der Waals surface area contributed by atoms with Crippen molar-refractivity contribution in [3.05, 3.63) is 131 Å². The fraction of sp³-hybridized carbons (Fsp3) is 0.506. The fourth-order valence-electron chi connectivity index (χ4n) is 18.5. The van der Waals surface area contributed by atoms with E-state index in [4.69, 9.17) is 31.0 Å². The molecule has 13 rings (SSSR count). The molecule has 3 aromatic carbocycles. The first kappa shape index (κ1) is 77.6. The van der Waals surface area contributed by atoms with E-state index in [0.717, 1.165) is 75.4 Å². The van der Waals surface area contributed by atoms with Crippen LogP contribution >= 0.6 is 11.3 Å². The van der Waals surface area contributed by atoms with Gasteiger partial charge in [-0.3, -0.25) is 63.6 Å². The summed E-state index contributed by atoms with van der Waals surface area (Å²) in [4.78, 5) is 148. The van der Waals surface area contributed by atoms with Crippen LogP contribution < -0.4 is 37.2 Å². The number of amides is 9. The number of para-hydroxylation sites is 1. The molecule has 3 aromatic heterocycles. The molecule has 574 valence electrons.